The smallest absolute Gasteiger partial charge is 0.125 e. The van der Waals surface area contributed by atoms with E-state index in [9.17, 15) is 13.9 Å². The van der Waals surface area contributed by atoms with Crippen molar-refractivity contribution in [3.05, 3.63) is 48.0 Å². The lowest BCUT2D eigenvalue weighted by Crippen LogP contribution is -2.38. The highest BCUT2D eigenvalue weighted by Gasteiger charge is 2.18. The van der Waals surface area contributed by atoms with Gasteiger partial charge in [0, 0.05) is 28.9 Å². The fraction of sp³-hybridized carbons (Fsp3) is 0.400. The lowest BCUT2D eigenvalue weighted by Gasteiger charge is -2.27. The monoisotopic (exact) mass is 346 g/mol. The third-order valence-corrected chi connectivity index (χ3v) is 4.77. The van der Waals surface area contributed by atoms with Crippen LogP contribution in [0, 0.1) is 11.6 Å². The molecule has 0 radical (unpaired) electrons. The van der Waals surface area contributed by atoms with Crippen LogP contribution in [0.3, 0.4) is 0 Å². The van der Waals surface area contributed by atoms with Crippen LogP contribution in [-0.4, -0.2) is 39.8 Å². The van der Waals surface area contributed by atoms with Crippen LogP contribution in [0.2, 0.25) is 0 Å². The Morgan fingerprint density at radius 1 is 1.00 bits per heavy atom. The number of aliphatic hydroxyl groups is 1. The number of nitrogens with zero attached hydrogens (tertiary/aromatic N) is 2. The van der Waals surface area contributed by atoms with Crippen LogP contribution in [0.4, 0.5) is 8.78 Å². The number of rotatable bonds is 6. The van der Waals surface area contributed by atoms with Crippen molar-refractivity contribution in [2.75, 3.05) is 13.1 Å². The lowest BCUT2D eigenvalue weighted by atomic mass is 10.1. The van der Waals surface area contributed by atoms with Crippen LogP contribution in [-0.2, 0) is 6.54 Å². The van der Waals surface area contributed by atoms with Gasteiger partial charge in [-0.15, -0.1) is 0 Å². The maximum absolute atomic E-state index is 13.8. The second-order valence-electron chi connectivity index (χ2n) is 6.77. The SMILES string of the molecule is CCN(CC(O)Cn1c2ccc(F)cc2c2ccc(F)cc21)C(C)C. The average molecular weight is 346 g/mol. The first-order chi connectivity index (χ1) is 11.9. The van der Waals surface area contributed by atoms with E-state index in [1.807, 2.05) is 4.57 Å². The molecule has 0 spiro atoms. The molecular weight excluding hydrogens is 322 g/mol. The minimum Gasteiger partial charge on any atom is -0.390 e. The Kier molecular flexibility index (Phi) is 5.06. The first kappa shape index (κ1) is 17.8. The summed E-state index contributed by atoms with van der Waals surface area (Å²) in [5.41, 5.74) is 1.47. The van der Waals surface area contributed by atoms with Crippen molar-refractivity contribution in [2.45, 2.75) is 39.5 Å². The topological polar surface area (TPSA) is 28.4 Å². The van der Waals surface area contributed by atoms with Gasteiger partial charge in [-0.2, -0.15) is 0 Å². The summed E-state index contributed by atoms with van der Waals surface area (Å²) in [5.74, 6) is -0.669. The summed E-state index contributed by atoms with van der Waals surface area (Å²) < 4.78 is 29.3. The number of hydrogen-bond acceptors (Lipinski definition) is 2. The van der Waals surface area contributed by atoms with E-state index in [1.54, 1.807) is 12.1 Å². The van der Waals surface area contributed by atoms with Crippen molar-refractivity contribution in [3.8, 4) is 0 Å². The van der Waals surface area contributed by atoms with Gasteiger partial charge in [-0.25, -0.2) is 8.78 Å². The Bertz CT molecular complexity index is 888. The fourth-order valence-corrected chi connectivity index (χ4v) is 3.49. The Balaban J connectivity index is 2.03. The second kappa shape index (κ2) is 7.10. The van der Waals surface area contributed by atoms with E-state index in [4.69, 9.17) is 0 Å². The van der Waals surface area contributed by atoms with Crippen LogP contribution in [0.25, 0.3) is 21.8 Å². The summed E-state index contributed by atoms with van der Waals surface area (Å²) in [6.07, 6.45) is -0.602. The van der Waals surface area contributed by atoms with Crippen molar-refractivity contribution in [1.82, 2.24) is 9.47 Å². The lowest BCUT2D eigenvalue weighted by molar-refractivity contribution is 0.0878. The summed E-state index contributed by atoms with van der Waals surface area (Å²) in [4.78, 5) is 2.18. The molecule has 0 saturated heterocycles. The van der Waals surface area contributed by atoms with E-state index < -0.39 is 6.10 Å². The standard InChI is InChI=1S/C20H24F2N2O/c1-4-23(13(2)3)11-16(25)12-24-19-8-6-14(21)9-18(19)17-7-5-15(22)10-20(17)24/h5-10,13,16,25H,4,11-12H2,1-3H3. The van der Waals surface area contributed by atoms with Gasteiger partial charge in [-0.05, 0) is 56.8 Å². The molecule has 3 aromatic rings. The quantitative estimate of drug-likeness (QED) is 0.726. The third-order valence-electron chi connectivity index (χ3n) is 4.77. The normalized spacial score (nSPS) is 13.4. The van der Waals surface area contributed by atoms with Crippen LogP contribution < -0.4 is 0 Å². The number of halogens is 2. The number of aliphatic hydroxyl groups excluding tert-OH is 1. The molecule has 1 atom stereocenters. The predicted molar refractivity (Wildman–Crippen MR) is 97.7 cm³/mol. The molecule has 1 unspecified atom stereocenters. The van der Waals surface area contributed by atoms with Gasteiger partial charge in [0.25, 0.3) is 0 Å². The minimum atomic E-state index is -0.602. The van der Waals surface area contributed by atoms with E-state index in [0.29, 0.717) is 24.6 Å². The van der Waals surface area contributed by atoms with E-state index >= 15 is 0 Å². The summed E-state index contributed by atoms with van der Waals surface area (Å²) in [6.45, 7) is 7.96. The molecule has 5 heteroatoms. The van der Waals surface area contributed by atoms with Crippen molar-refractivity contribution in [3.63, 3.8) is 0 Å². The Hall–Kier alpha value is -1.98. The molecule has 0 amide bonds. The zero-order valence-electron chi connectivity index (χ0n) is 14.8. The molecule has 3 rings (SSSR count). The van der Waals surface area contributed by atoms with Gasteiger partial charge in [-0.3, -0.25) is 4.90 Å². The molecule has 1 N–H and O–H groups in total. The second-order valence-corrected chi connectivity index (χ2v) is 6.77. The van der Waals surface area contributed by atoms with Crippen molar-refractivity contribution in [1.29, 1.82) is 0 Å². The molecule has 0 aliphatic rings. The number of fused-ring (bicyclic) bond motifs is 3. The number of likely N-dealkylation sites (N-methyl/N-ethyl adjacent to an activating group) is 1. The van der Waals surface area contributed by atoms with Crippen molar-refractivity contribution in [2.24, 2.45) is 0 Å². The van der Waals surface area contributed by atoms with E-state index in [-0.39, 0.29) is 11.6 Å². The number of hydrogen-bond donors (Lipinski definition) is 1. The molecule has 2 aromatic carbocycles. The summed E-state index contributed by atoms with van der Waals surface area (Å²) >= 11 is 0. The highest BCUT2D eigenvalue weighted by Crippen LogP contribution is 2.30. The summed E-state index contributed by atoms with van der Waals surface area (Å²) in [5, 5.41) is 12.1. The van der Waals surface area contributed by atoms with Gasteiger partial charge >= 0.3 is 0 Å². The zero-order chi connectivity index (χ0) is 18.1. The molecule has 25 heavy (non-hydrogen) atoms. The van der Waals surface area contributed by atoms with Gasteiger partial charge < -0.3 is 9.67 Å². The average Bonchev–Trinajstić information content (AvgIpc) is 2.85. The highest BCUT2D eigenvalue weighted by atomic mass is 19.1. The van der Waals surface area contributed by atoms with Gasteiger partial charge in [-0.1, -0.05) is 6.92 Å². The fourth-order valence-electron chi connectivity index (χ4n) is 3.49. The molecule has 0 aliphatic heterocycles. The van der Waals surface area contributed by atoms with E-state index in [0.717, 1.165) is 22.8 Å². The first-order valence-electron chi connectivity index (χ1n) is 8.69. The molecule has 3 nitrogen and oxygen atoms in total. The Labute approximate surface area is 146 Å². The zero-order valence-corrected chi connectivity index (χ0v) is 14.8. The number of aromatic nitrogens is 1. The molecule has 1 heterocycles. The van der Waals surface area contributed by atoms with Crippen molar-refractivity contribution >= 4 is 21.8 Å². The maximum atomic E-state index is 13.8. The van der Waals surface area contributed by atoms with Crippen LogP contribution in [0.1, 0.15) is 20.8 Å². The van der Waals surface area contributed by atoms with Crippen LogP contribution in [0.5, 0.6) is 0 Å². The molecule has 1 aromatic heterocycles. The number of benzene rings is 2. The molecule has 0 aliphatic carbocycles. The van der Waals surface area contributed by atoms with Gasteiger partial charge in [0.2, 0.25) is 0 Å². The first-order valence-corrected chi connectivity index (χ1v) is 8.69. The third kappa shape index (κ3) is 3.53. The van der Waals surface area contributed by atoms with Gasteiger partial charge in [0.05, 0.1) is 18.2 Å². The molecule has 134 valence electrons. The molecule has 0 fully saturated rings. The Morgan fingerprint density at radius 3 is 2.36 bits per heavy atom. The molecule has 0 saturated carbocycles. The largest absolute Gasteiger partial charge is 0.390 e. The highest BCUT2D eigenvalue weighted by molar-refractivity contribution is 6.08. The summed E-state index contributed by atoms with van der Waals surface area (Å²) in [7, 11) is 0. The van der Waals surface area contributed by atoms with Crippen molar-refractivity contribution < 1.29 is 13.9 Å². The van der Waals surface area contributed by atoms with E-state index in [2.05, 4.69) is 25.7 Å². The minimum absolute atomic E-state index is 0.326. The van der Waals surface area contributed by atoms with Gasteiger partial charge in [0.15, 0.2) is 0 Å². The molecule has 0 bridgehead atoms. The van der Waals surface area contributed by atoms with E-state index in [1.165, 1.54) is 24.3 Å². The predicted octanol–water partition coefficient (Wildman–Crippen LogP) is 4.16. The Morgan fingerprint density at radius 2 is 1.68 bits per heavy atom. The van der Waals surface area contributed by atoms with Crippen LogP contribution in [0.15, 0.2) is 36.4 Å². The maximum Gasteiger partial charge on any atom is 0.125 e. The summed E-state index contributed by atoms with van der Waals surface area (Å²) in [6, 6.07) is 9.38. The molecular formula is C20H24F2N2O. The van der Waals surface area contributed by atoms with Crippen LogP contribution >= 0.6 is 0 Å². The van der Waals surface area contributed by atoms with Gasteiger partial charge in [0.1, 0.15) is 11.6 Å².